The van der Waals surface area contributed by atoms with Gasteiger partial charge in [-0.25, -0.2) is 4.79 Å². The molecule has 0 fully saturated rings. The van der Waals surface area contributed by atoms with E-state index in [0.717, 1.165) is 25.7 Å². The minimum atomic E-state index is -1.96. The van der Waals surface area contributed by atoms with E-state index in [2.05, 4.69) is 19.1 Å². The highest BCUT2D eigenvalue weighted by Gasteiger charge is 2.34. The summed E-state index contributed by atoms with van der Waals surface area (Å²) >= 11 is 0. The van der Waals surface area contributed by atoms with Gasteiger partial charge in [0.25, 0.3) is 0 Å². The summed E-state index contributed by atoms with van der Waals surface area (Å²) in [5.74, 6) is -1.33. The molecular weight excluding hydrogens is 316 g/mol. The molecule has 0 rings (SSSR count). The maximum atomic E-state index is 10.8. The fraction of sp³-hybridized carbons (Fsp3) is 0.857. The molecule has 0 saturated carbocycles. The predicted molar refractivity (Wildman–Crippen MR) is 104 cm³/mol. The van der Waals surface area contributed by atoms with Gasteiger partial charge in [-0.3, -0.25) is 0 Å². The third-order valence-corrected chi connectivity index (χ3v) is 4.76. The maximum Gasteiger partial charge on any atom is 0.338 e. The topological polar surface area (TPSA) is 77.8 Å². The largest absolute Gasteiger partial charge is 0.479 e. The summed E-state index contributed by atoms with van der Waals surface area (Å²) in [6, 6.07) is 0. The minimum Gasteiger partial charge on any atom is -0.479 e. The number of carboxylic acid groups (broad SMARTS) is 1. The number of aliphatic carboxylic acids is 1. The number of carboxylic acids is 1. The molecule has 0 heterocycles. The van der Waals surface area contributed by atoms with Crippen molar-refractivity contribution in [1.29, 1.82) is 0 Å². The molecule has 0 aromatic rings. The van der Waals surface area contributed by atoms with E-state index >= 15 is 0 Å². The van der Waals surface area contributed by atoms with Crippen molar-refractivity contribution in [2.75, 3.05) is 6.61 Å². The number of aliphatic hydroxyl groups excluding tert-OH is 1. The van der Waals surface area contributed by atoms with E-state index in [1.54, 1.807) is 0 Å². The van der Waals surface area contributed by atoms with Crippen LogP contribution in [0.4, 0.5) is 0 Å². The van der Waals surface area contributed by atoms with Gasteiger partial charge in [-0.15, -0.1) is 0 Å². The van der Waals surface area contributed by atoms with E-state index in [-0.39, 0.29) is 6.42 Å². The van der Waals surface area contributed by atoms with Gasteiger partial charge in [-0.05, 0) is 38.5 Å². The third kappa shape index (κ3) is 14.0. The van der Waals surface area contributed by atoms with Crippen LogP contribution in [0.1, 0.15) is 103 Å². The Morgan fingerprint density at radius 1 is 0.800 bits per heavy atom. The molecule has 4 nitrogen and oxygen atoms in total. The summed E-state index contributed by atoms with van der Waals surface area (Å²) in [4.78, 5) is 10.8. The molecular formula is C21H40O4. The van der Waals surface area contributed by atoms with Gasteiger partial charge >= 0.3 is 5.97 Å². The van der Waals surface area contributed by atoms with Gasteiger partial charge in [0.1, 0.15) is 0 Å². The normalized spacial score (nSPS) is 14.0. The van der Waals surface area contributed by atoms with Crippen molar-refractivity contribution in [2.24, 2.45) is 0 Å². The Morgan fingerprint density at radius 2 is 1.24 bits per heavy atom. The zero-order valence-corrected chi connectivity index (χ0v) is 16.2. The molecule has 0 amide bonds. The fourth-order valence-electron chi connectivity index (χ4n) is 2.92. The highest BCUT2D eigenvalue weighted by Crippen LogP contribution is 2.17. The Labute approximate surface area is 154 Å². The van der Waals surface area contributed by atoms with Gasteiger partial charge < -0.3 is 15.3 Å². The number of aliphatic hydroxyl groups is 2. The van der Waals surface area contributed by atoms with Crippen LogP contribution in [0.2, 0.25) is 0 Å². The molecule has 0 aliphatic rings. The summed E-state index contributed by atoms with van der Waals surface area (Å²) in [6.45, 7) is 1.53. The van der Waals surface area contributed by atoms with Gasteiger partial charge in [0.15, 0.2) is 5.60 Å². The number of hydrogen-bond acceptors (Lipinski definition) is 3. The molecule has 0 saturated heterocycles. The van der Waals surface area contributed by atoms with Gasteiger partial charge in [0.2, 0.25) is 0 Å². The number of unbranched alkanes of at least 4 members (excludes halogenated alkanes) is 12. The first kappa shape index (κ1) is 24.1. The second-order valence-corrected chi connectivity index (χ2v) is 7.18. The lowest BCUT2D eigenvalue weighted by Gasteiger charge is -2.20. The molecule has 1 unspecified atom stereocenters. The molecule has 0 aromatic carbocycles. The zero-order chi connectivity index (χ0) is 18.8. The summed E-state index contributed by atoms with van der Waals surface area (Å²) in [5.41, 5.74) is -1.96. The van der Waals surface area contributed by atoms with Crippen LogP contribution in [0, 0.1) is 0 Å². The minimum absolute atomic E-state index is 0.125. The van der Waals surface area contributed by atoms with Crippen LogP contribution >= 0.6 is 0 Å². The predicted octanol–water partition coefficient (Wildman–Crippen LogP) is 5.22. The van der Waals surface area contributed by atoms with E-state index in [1.165, 1.54) is 57.8 Å². The second kappa shape index (κ2) is 16.6. The van der Waals surface area contributed by atoms with Crippen LogP contribution in [-0.2, 0) is 4.79 Å². The Hall–Kier alpha value is -0.870. The molecule has 1 atom stereocenters. The van der Waals surface area contributed by atoms with Crippen molar-refractivity contribution in [1.82, 2.24) is 0 Å². The molecule has 0 aliphatic carbocycles. The average Bonchev–Trinajstić information content (AvgIpc) is 2.61. The molecule has 0 aliphatic heterocycles. The van der Waals surface area contributed by atoms with E-state index < -0.39 is 18.2 Å². The second-order valence-electron chi connectivity index (χ2n) is 7.18. The summed E-state index contributed by atoms with van der Waals surface area (Å²) in [5, 5.41) is 27.4. The van der Waals surface area contributed by atoms with Gasteiger partial charge in [0.05, 0.1) is 6.61 Å². The molecule has 4 heteroatoms. The molecule has 25 heavy (non-hydrogen) atoms. The zero-order valence-electron chi connectivity index (χ0n) is 16.2. The first-order valence-electron chi connectivity index (χ1n) is 10.3. The van der Waals surface area contributed by atoms with Crippen LogP contribution in [-0.4, -0.2) is 33.5 Å². The van der Waals surface area contributed by atoms with Crippen molar-refractivity contribution in [2.45, 2.75) is 109 Å². The summed E-state index contributed by atoms with van der Waals surface area (Å²) in [7, 11) is 0. The van der Waals surface area contributed by atoms with E-state index in [0.29, 0.717) is 6.42 Å². The van der Waals surface area contributed by atoms with Crippen LogP contribution < -0.4 is 0 Å². The maximum absolute atomic E-state index is 10.8. The lowest BCUT2D eigenvalue weighted by Crippen LogP contribution is -2.42. The van der Waals surface area contributed by atoms with Gasteiger partial charge in [0, 0.05) is 0 Å². The Bertz CT molecular complexity index is 341. The Morgan fingerprint density at radius 3 is 1.68 bits per heavy atom. The summed E-state index contributed by atoms with van der Waals surface area (Å²) < 4.78 is 0. The van der Waals surface area contributed by atoms with Crippen molar-refractivity contribution in [3.63, 3.8) is 0 Å². The van der Waals surface area contributed by atoms with Gasteiger partial charge in [-0.1, -0.05) is 76.9 Å². The third-order valence-electron chi connectivity index (χ3n) is 4.76. The molecule has 0 radical (unpaired) electrons. The molecule has 148 valence electrons. The van der Waals surface area contributed by atoms with Gasteiger partial charge in [-0.2, -0.15) is 0 Å². The SMILES string of the molecule is CCCCCCCC/C=C\CCCCCCCCC(O)(CO)C(=O)O. The van der Waals surface area contributed by atoms with E-state index in [9.17, 15) is 9.90 Å². The van der Waals surface area contributed by atoms with Crippen molar-refractivity contribution in [3.05, 3.63) is 12.2 Å². The molecule has 3 N–H and O–H groups in total. The van der Waals surface area contributed by atoms with Crippen LogP contribution in [0.25, 0.3) is 0 Å². The number of hydrogen-bond donors (Lipinski definition) is 3. The Balaban J connectivity index is 3.33. The van der Waals surface area contributed by atoms with Crippen molar-refractivity contribution in [3.8, 4) is 0 Å². The number of carbonyl (C=O) groups is 1. The van der Waals surface area contributed by atoms with Crippen LogP contribution in [0.15, 0.2) is 12.2 Å². The lowest BCUT2D eigenvalue weighted by molar-refractivity contribution is -0.163. The Kier molecular flexibility index (Phi) is 16.0. The smallest absolute Gasteiger partial charge is 0.338 e. The standard InChI is InChI=1S/C21H40O4/c1-2-3-4-5-6-7-8-9-10-11-12-13-14-15-16-17-18-21(25,19-22)20(23)24/h9-10,22,25H,2-8,11-19H2,1H3,(H,23,24)/b10-9-. The van der Waals surface area contributed by atoms with E-state index in [4.69, 9.17) is 10.2 Å². The first-order valence-corrected chi connectivity index (χ1v) is 10.3. The van der Waals surface area contributed by atoms with E-state index in [1.807, 2.05) is 0 Å². The lowest BCUT2D eigenvalue weighted by atomic mass is 9.96. The van der Waals surface area contributed by atoms with Crippen LogP contribution in [0.5, 0.6) is 0 Å². The fourth-order valence-corrected chi connectivity index (χ4v) is 2.92. The highest BCUT2D eigenvalue weighted by atomic mass is 16.4. The molecule has 0 spiro atoms. The van der Waals surface area contributed by atoms with Crippen molar-refractivity contribution >= 4 is 5.97 Å². The first-order chi connectivity index (χ1) is 12.1. The quantitative estimate of drug-likeness (QED) is 0.232. The molecule has 0 aromatic heterocycles. The van der Waals surface area contributed by atoms with Crippen molar-refractivity contribution < 1.29 is 20.1 Å². The number of rotatable bonds is 18. The highest BCUT2D eigenvalue weighted by molar-refractivity contribution is 5.77. The monoisotopic (exact) mass is 356 g/mol. The average molecular weight is 357 g/mol. The molecule has 0 bridgehead atoms. The summed E-state index contributed by atoms with van der Waals surface area (Å²) in [6.07, 6.45) is 21.4. The van der Waals surface area contributed by atoms with Crippen LogP contribution in [0.3, 0.4) is 0 Å². The number of allylic oxidation sites excluding steroid dienone is 2.